The summed E-state index contributed by atoms with van der Waals surface area (Å²) in [5.74, 6) is 0.150. The second-order valence-corrected chi connectivity index (χ2v) is 5.00. The molecule has 3 heteroatoms. The van der Waals surface area contributed by atoms with Crippen LogP contribution in [0.5, 0.6) is 0 Å². The molecule has 2 N–H and O–H groups in total. The van der Waals surface area contributed by atoms with Gasteiger partial charge in [-0.2, -0.15) is 0 Å². The summed E-state index contributed by atoms with van der Waals surface area (Å²) in [5, 5.41) is 0.170. The Kier molecular flexibility index (Phi) is 3.82. The van der Waals surface area contributed by atoms with Gasteiger partial charge in [0.1, 0.15) is 5.82 Å². The van der Waals surface area contributed by atoms with Crippen molar-refractivity contribution in [1.82, 2.24) is 0 Å². The minimum Gasteiger partial charge on any atom is -0.324 e. The van der Waals surface area contributed by atoms with E-state index >= 15 is 0 Å². The summed E-state index contributed by atoms with van der Waals surface area (Å²) in [5.41, 5.74) is 7.16. The van der Waals surface area contributed by atoms with Gasteiger partial charge in [0.15, 0.2) is 0 Å². The van der Waals surface area contributed by atoms with E-state index in [1.165, 1.54) is 38.2 Å². The molecule has 1 aliphatic rings. The van der Waals surface area contributed by atoms with Crippen molar-refractivity contribution in [3.8, 4) is 0 Å². The summed E-state index contributed by atoms with van der Waals surface area (Å²) in [6.07, 6.45) is 6.18. The maximum atomic E-state index is 13.0. The highest BCUT2D eigenvalue weighted by molar-refractivity contribution is 6.30. The van der Waals surface area contributed by atoms with Gasteiger partial charge in [0.25, 0.3) is 0 Å². The highest BCUT2D eigenvalue weighted by atomic mass is 35.5. The van der Waals surface area contributed by atoms with Crippen LogP contribution in [0.15, 0.2) is 18.2 Å². The summed E-state index contributed by atoms with van der Waals surface area (Å²) < 4.78 is 13.0. The van der Waals surface area contributed by atoms with Gasteiger partial charge in [-0.05, 0) is 36.5 Å². The second-order valence-electron chi connectivity index (χ2n) is 4.60. The van der Waals surface area contributed by atoms with Gasteiger partial charge in [-0.15, -0.1) is 0 Å². The van der Waals surface area contributed by atoms with Crippen molar-refractivity contribution in [2.24, 2.45) is 11.7 Å². The molecule has 1 fully saturated rings. The first kappa shape index (κ1) is 11.9. The van der Waals surface area contributed by atoms with Crippen molar-refractivity contribution in [3.05, 3.63) is 34.6 Å². The highest BCUT2D eigenvalue weighted by Crippen LogP contribution is 2.33. The van der Waals surface area contributed by atoms with Crippen molar-refractivity contribution in [3.63, 3.8) is 0 Å². The van der Waals surface area contributed by atoms with E-state index in [0.29, 0.717) is 5.92 Å². The summed E-state index contributed by atoms with van der Waals surface area (Å²) in [4.78, 5) is 0. The number of nitrogens with two attached hydrogens (primary N) is 1. The zero-order valence-electron chi connectivity index (χ0n) is 9.26. The molecule has 1 saturated carbocycles. The SMILES string of the molecule is N[C@@H](c1ccc(F)c(Cl)c1)C1CCCCC1. The average molecular weight is 242 g/mol. The Bertz CT molecular complexity index is 361. The average Bonchev–Trinajstić information content (AvgIpc) is 2.33. The number of hydrogen-bond acceptors (Lipinski definition) is 1. The molecule has 0 unspecified atom stereocenters. The number of benzene rings is 1. The van der Waals surface area contributed by atoms with Crippen LogP contribution in [0.2, 0.25) is 5.02 Å². The monoisotopic (exact) mass is 241 g/mol. The van der Waals surface area contributed by atoms with Crippen LogP contribution in [0, 0.1) is 11.7 Å². The quantitative estimate of drug-likeness (QED) is 0.830. The standard InChI is InChI=1S/C13H17ClFN/c14-11-8-10(6-7-12(11)15)13(16)9-4-2-1-3-5-9/h6-9,13H,1-5,16H2/t13-/m1/s1. The molecule has 0 aliphatic heterocycles. The van der Waals surface area contributed by atoms with Crippen LogP contribution in [0.3, 0.4) is 0 Å². The molecule has 88 valence electrons. The van der Waals surface area contributed by atoms with E-state index < -0.39 is 0 Å². The molecule has 1 nitrogen and oxygen atoms in total. The Morgan fingerprint density at radius 1 is 1.25 bits per heavy atom. The highest BCUT2D eigenvalue weighted by Gasteiger charge is 2.22. The molecular formula is C13H17ClFN. The largest absolute Gasteiger partial charge is 0.324 e. The number of hydrogen-bond donors (Lipinski definition) is 1. The first-order valence-electron chi connectivity index (χ1n) is 5.89. The maximum absolute atomic E-state index is 13.0. The summed E-state index contributed by atoms with van der Waals surface area (Å²) >= 11 is 5.77. The van der Waals surface area contributed by atoms with Crippen LogP contribution >= 0.6 is 11.6 Å². The molecule has 0 amide bonds. The van der Waals surface area contributed by atoms with E-state index in [9.17, 15) is 4.39 Å². The van der Waals surface area contributed by atoms with Crippen molar-refractivity contribution in [2.45, 2.75) is 38.1 Å². The van der Waals surface area contributed by atoms with Gasteiger partial charge < -0.3 is 5.73 Å². The molecule has 0 radical (unpaired) electrons. The van der Waals surface area contributed by atoms with E-state index in [4.69, 9.17) is 17.3 Å². The van der Waals surface area contributed by atoms with Crippen molar-refractivity contribution >= 4 is 11.6 Å². The smallest absolute Gasteiger partial charge is 0.141 e. The summed E-state index contributed by atoms with van der Waals surface area (Å²) in [6.45, 7) is 0. The number of rotatable bonds is 2. The van der Waals surface area contributed by atoms with Crippen LogP contribution in [0.4, 0.5) is 4.39 Å². The van der Waals surface area contributed by atoms with Crippen molar-refractivity contribution < 1.29 is 4.39 Å². The van der Waals surface area contributed by atoms with E-state index in [0.717, 1.165) is 5.56 Å². The predicted molar refractivity (Wildman–Crippen MR) is 64.9 cm³/mol. The van der Waals surface area contributed by atoms with Gasteiger partial charge in [0, 0.05) is 6.04 Å². The Labute approximate surface area is 101 Å². The van der Waals surface area contributed by atoms with Gasteiger partial charge in [0.2, 0.25) is 0 Å². The Balaban J connectivity index is 2.12. The van der Waals surface area contributed by atoms with Crippen LogP contribution in [-0.2, 0) is 0 Å². The lowest BCUT2D eigenvalue weighted by molar-refractivity contribution is 0.308. The maximum Gasteiger partial charge on any atom is 0.141 e. The second kappa shape index (κ2) is 5.15. The van der Waals surface area contributed by atoms with Gasteiger partial charge in [-0.25, -0.2) is 4.39 Å². The molecule has 1 aromatic carbocycles. The fourth-order valence-electron chi connectivity index (χ4n) is 2.49. The third kappa shape index (κ3) is 2.55. The van der Waals surface area contributed by atoms with Crippen LogP contribution in [0.25, 0.3) is 0 Å². The minimum atomic E-state index is -0.374. The summed E-state index contributed by atoms with van der Waals surface area (Å²) in [7, 11) is 0. The lowest BCUT2D eigenvalue weighted by Crippen LogP contribution is -2.23. The molecule has 0 heterocycles. The van der Waals surface area contributed by atoms with Crippen LogP contribution < -0.4 is 5.73 Å². The normalized spacial score (nSPS) is 19.7. The van der Waals surface area contributed by atoms with Crippen LogP contribution in [0.1, 0.15) is 43.7 Å². The van der Waals surface area contributed by atoms with Crippen molar-refractivity contribution in [1.29, 1.82) is 0 Å². The molecule has 0 bridgehead atoms. The molecule has 0 saturated heterocycles. The minimum absolute atomic E-state index is 0.00148. The molecular weight excluding hydrogens is 225 g/mol. The van der Waals surface area contributed by atoms with Crippen molar-refractivity contribution in [2.75, 3.05) is 0 Å². The Hall–Kier alpha value is -0.600. The van der Waals surface area contributed by atoms with Gasteiger partial charge >= 0.3 is 0 Å². The fraction of sp³-hybridized carbons (Fsp3) is 0.538. The lowest BCUT2D eigenvalue weighted by Gasteiger charge is -2.27. The van der Waals surface area contributed by atoms with E-state index in [1.807, 2.05) is 0 Å². The lowest BCUT2D eigenvalue weighted by atomic mass is 9.81. The third-order valence-electron chi connectivity index (χ3n) is 3.49. The molecule has 1 aliphatic carbocycles. The first-order chi connectivity index (χ1) is 7.68. The Morgan fingerprint density at radius 3 is 2.56 bits per heavy atom. The fourth-order valence-corrected chi connectivity index (χ4v) is 2.67. The van der Waals surface area contributed by atoms with Crippen LogP contribution in [-0.4, -0.2) is 0 Å². The van der Waals surface area contributed by atoms with E-state index in [2.05, 4.69) is 0 Å². The number of halogens is 2. The molecule has 1 aromatic rings. The van der Waals surface area contributed by atoms with E-state index in [1.54, 1.807) is 12.1 Å². The zero-order chi connectivity index (χ0) is 11.5. The molecule has 0 spiro atoms. The Morgan fingerprint density at radius 2 is 1.94 bits per heavy atom. The first-order valence-corrected chi connectivity index (χ1v) is 6.27. The van der Waals surface area contributed by atoms with Gasteiger partial charge in [-0.1, -0.05) is 36.9 Å². The summed E-state index contributed by atoms with van der Waals surface area (Å²) in [6, 6.07) is 4.81. The molecule has 0 aromatic heterocycles. The van der Waals surface area contributed by atoms with Gasteiger partial charge in [-0.3, -0.25) is 0 Å². The molecule has 1 atom stereocenters. The molecule has 2 rings (SSSR count). The topological polar surface area (TPSA) is 26.0 Å². The molecule has 16 heavy (non-hydrogen) atoms. The van der Waals surface area contributed by atoms with Gasteiger partial charge in [0.05, 0.1) is 5.02 Å². The predicted octanol–water partition coefficient (Wildman–Crippen LogP) is 4.06. The zero-order valence-corrected chi connectivity index (χ0v) is 10.0. The third-order valence-corrected chi connectivity index (χ3v) is 3.78. The van der Waals surface area contributed by atoms with E-state index in [-0.39, 0.29) is 16.9 Å².